The molecule has 142 valence electrons. The van der Waals surface area contributed by atoms with Crippen molar-refractivity contribution in [3.8, 4) is 0 Å². The summed E-state index contributed by atoms with van der Waals surface area (Å²) in [7, 11) is -0.651. The largest absolute Gasteiger partial charge is 0.431 e. The van der Waals surface area contributed by atoms with Crippen molar-refractivity contribution in [2.75, 3.05) is 19.4 Å². The Labute approximate surface area is 161 Å². The summed E-state index contributed by atoms with van der Waals surface area (Å²) in [5.74, 6) is -0.276. The molecule has 1 aromatic heterocycles. The van der Waals surface area contributed by atoms with E-state index >= 15 is 0 Å². The highest BCUT2D eigenvalue weighted by molar-refractivity contribution is 8.00. The lowest BCUT2D eigenvalue weighted by molar-refractivity contribution is -0.115. The molecule has 1 amide bonds. The summed E-state index contributed by atoms with van der Waals surface area (Å²) in [6.45, 7) is 1.73. The molecule has 0 aliphatic rings. The molecule has 7 nitrogen and oxygen atoms in total. The first-order chi connectivity index (χ1) is 12.8. The number of benzene rings is 2. The first kappa shape index (κ1) is 19.4. The van der Waals surface area contributed by atoms with Crippen molar-refractivity contribution in [3.05, 3.63) is 48.5 Å². The van der Waals surface area contributed by atoms with Crippen LogP contribution < -0.4 is 5.32 Å². The Morgan fingerprint density at radius 2 is 1.93 bits per heavy atom. The van der Waals surface area contributed by atoms with Crippen LogP contribution in [0, 0.1) is 0 Å². The zero-order chi connectivity index (χ0) is 19.6. The van der Waals surface area contributed by atoms with Gasteiger partial charge in [0.05, 0.1) is 10.1 Å². The number of carbonyl (C=O) groups is 1. The number of hydrogen-bond donors (Lipinski definition) is 1. The zero-order valence-electron chi connectivity index (χ0n) is 15.0. The molecule has 3 rings (SSSR count). The van der Waals surface area contributed by atoms with Crippen LogP contribution in [0.15, 0.2) is 63.1 Å². The van der Waals surface area contributed by atoms with Crippen molar-refractivity contribution in [2.24, 2.45) is 0 Å². The number of nitrogens with zero attached hydrogens (tertiary/aromatic N) is 2. The average Bonchev–Trinajstić information content (AvgIpc) is 3.04. The molecular formula is C18H19N3O4S2. The molecule has 0 saturated heterocycles. The monoisotopic (exact) mass is 405 g/mol. The third kappa shape index (κ3) is 4.32. The van der Waals surface area contributed by atoms with Gasteiger partial charge in [0.15, 0.2) is 5.58 Å². The predicted octanol–water partition coefficient (Wildman–Crippen LogP) is 3.20. The summed E-state index contributed by atoms with van der Waals surface area (Å²) in [6, 6.07) is 13.5. The number of thioether (sulfide) groups is 1. The van der Waals surface area contributed by atoms with Crippen molar-refractivity contribution in [1.29, 1.82) is 0 Å². The van der Waals surface area contributed by atoms with Crippen LogP contribution in [-0.4, -0.2) is 43.0 Å². The van der Waals surface area contributed by atoms with Gasteiger partial charge in [-0.2, -0.15) is 0 Å². The zero-order valence-corrected chi connectivity index (χ0v) is 16.7. The van der Waals surface area contributed by atoms with Crippen LogP contribution >= 0.6 is 11.8 Å². The highest BCUT2D eigenvalue weighted by Crippen LogP contribution is 2.27. The molecule has 1 N–H and O–H groups in total. The van der Waals surface area contributed by atoms with E-state index in [0.717, 1.165) is 9.82 Å². The van der Waals surface area contributed by atoms with Crippen LogP contribution in [0.25, 0.3) is 11.1 Å². The van der Waals surface area contributed by atoms with E-state index in [2.05, 4.69) is 10.3 Å². The quantitative estimate of drug-likeness (QED) is 0.633. The van der Waals surface area contributed by atoms with E-state index in [-0.39, 0.29) is 10.8 Å². The Bertz CT molecular complexity index is 1040. The number of para-hydroxylation sites is 2. The van der Waals surface area contributed by atoms with Crippen molar-refractivity contribution < 1.29 is 17.6 Å². The molecule has 9 heteroatoms. The summed E-state index contributed by atoms with van der Waals surface area (Å²) in [4.78, 5) is 16.9. The highest BCUT2D eigenvalue weighted by atomic mass is 32.2. The molecule has 3 aromatic rings. The van der Waals surface area contributed by atoms with Gasteiger partial charge in [-0.05, 0) is 37.3 Å². The standard InChI is InChI=1S/C18H19N3O4S2/c1-12(26-18-20-15-9-4-5-10-16(15)25-18)17(22)19-13-7-6-8-14(11-13)27(23,24)21(2)3/h4-12H,1-3H3,(H,19,22)/t12-/m1/s1. The van der Waals surface area contributed by atoms with E-state index in [1.54, 1.807) is 19.1 Å². The number of aromatic nitrogens is 1. The van der Waals surface area contributed by atoms with Crippen molar-refractivity contribution in [3.63, 3.8) is 0 Å². The molecule has 1 heterocycles. The molecular weight excluding hydrogens is 386 g/mol. The van der Waals surface area contributed by atoms with Gasteiger partial charge < -0.3 is 9.73 Å². The summed E-state index contributed by atoms with van der Waals surface area (Å²) in [5, 5.41) is 2.66. The first-order valence-electron chi connectivity index (χ1n) is 8.13. The summed E-state index contributed by atoms with van der Waals surface area (Å²) in [6.07, 6.45) is 0. The van der Waals surface area contributed by atoms with Gasteiger partial charge in [0.25, 0.3) is 5.22 Å². The number of hydrogen-bond acceptors (Lipinski definition) is 6. The van der Waals surface area contributed by atoms with Gasteiger partial charge in [0, 0.05) is 19.8 Å². The van der Waals surface area contributed by atoms with Crippen LogP contribution in [0.4, 0.5) is 5.69 Å². The maximum Gasteiger partial charge on any atom is 0.257 e. The van der Waals surface area contributed by atoms with Gasteiger partial charge in [0.1, 0.15) is 5.52 Å². The van der Waals surface area contributed by atoms with Crippen LogP contribution in [0.3, 0.4) is 0 Å². The second-order valence-corrected chi connectivity index (χ2v) is 9.46. The SMILES string of the molecule is C[C@@H](Sc1nc2ccccc2o1)C(=O)Nc1cccc(S(=O)(=O)N(C)C)c1. The van der Waals surface area contributed by atoms with Gasteiger partial charge in [-0.3, -0.25) is 4.79 Å². The van der Waals surface area contributed by atoms with E-state index in [4.69, 9.17) is 4.42 Å². The van der Waals surface area contributed by atoms with Gasteiger partial charge in [-0.15, -0.1) is 0 Å². The summed E-state index contributed by atoms with van der Waals surface area (Å²) < 4.78 is 31.2. The molecule has 0 unspecified atom stereocenters. The number of carbonyl (C=O) groups excluding carboxylic acids is 1. The van der Waals surface area contributed by atoms with Crippen LogP contribution in [0.5, 0.6) is 0 Å². The van der Waals surface area contributed by atoms with E-state index in [9.17, 15) is 13.2 Å². The minimum absolute atomic E-state index is 0.115. The van der Waals surface area contributed by atoms with Crippen molar-refractivity contribution in [2.45, 2.75) is 22.3 Å². The topological polar surface area (TPSA) is 92.5 Å². The first-order valence-corrected chi connectivity index (χ1v) is 10.4. The second kappa shape index (κ2) is 7.71. The molecule has 0 bridgehead atoms. The summed E-state index contributed by atoms with van der Waals surface area (Å²) >= 11 is 1.20. The van der Waals surface area contributed by atoms with E-state index in [1.807, 2.05) is 24.3 Å². The minimum Gasteiger partial charge on any atom is -0.431 e. The highest BCUT2D eigenvalue weighted by Gasteiger charge is 2.20. The predicted molar refractivity (Wildman–Crippen MR) is 105 cm³/mol. The molecule has 0 fully saturated rings. The number of anilines is 1. The Kier molecular flexibility index (Phi) is 5.54. The lowest BCUT2D eigenvalue weighted by atomic mass is 10.3. The molecule has 0 saturated carbocycles. The number of sulfonamides is 1. The lowest BCUT2D eigenvalue weighted by Crippen LogP contribution is -2.24. The van der Waals surface area contributed by atoms with Crippen LogP contribution in [0.1, 0.15) is 6.92 Å². The van der Waals surface area contributed by atoms with Gasteiger partial charge in [-0.25, -0.2) is 17.7 Å². The molecule has 2 aromatic carbocycles. The Hall–Kier alpha value is -2.36. The minimum atomic E-state index is -3.57. The van der Waals surface area contributed by atoms with Gasteiger partial charge in [0.2, 0.25) is 15.9 Å². The molecule has 0 aliphatic carbocycles. The molecule has 0 aliphatic heterocycles. The van der Waals surface area contributed by atoms with E-state index < -0.39 is 15.3 Å². The maximum atomic E-state index is 12.5. The Morgan fingerprint density at radius 1 is 1.19 bits per heavy atom. The fourth-order valence-corrected chi connectivity index (χ4v) is 4.00. The normalized spacial score (nSPS) is 13.0. The molecule has 0 radical (unpaired) electrons. The number of rotatable bonds is 6. The molecule has 0 spiro atoms. The maximum absolute atomic E-state index is 12.5. The van der Waals surface area contributed by atoms with Gasteiger partial charge >= 0.3 is 0 Å². The number of oxazole rings is 1. The second-order valence-electron chi connectivity index (χ2n) is 6.01. The summed E-state index contributed by atoms with van der Waals surface area (Å²) in [5.41, 5.74) is 1.80. The third-order valence-corrected chi connectivity index (χ3v) is 6.56. The smallest absolute Gasteiger partial charge is 0.257 e. The average molecular weight is 406 g/mol. The Morgan fingerprint density at radius 3 is 2.63 bits per heavy atom. The number of fused-ring (bicyclic) bond motifs is 1. The lowest BCUT2D eigenvalue weighted by Gasteiger charge is -2.14. The number of amides is 1. The van der Waals surface area contributed by atoms with Gasteiger partial charge in [-0.1, -0.05) is 30.0 Å². The fourth-order valence-electron chi connectivity index (χ4n) is 2.30. The molecule has 27 heavy (non-hydrogen) atoms. The number of nitrogens with one attached hydrogen (secondary N) is 1. The van der Waals surface area contributed by atoms with Crippen molar-refractivity contribution >= 4 is 44.5 Å². The third-order valence-electron chi connectivity index (χ3n) is 3.80. The van der Waals surface area contributed by atoms with E-state index in [0.29, 0.717) is 16.5 Å². The Balaban J connectivity index is 1.71. The fraction of sp³-hybridized carbons (Fsp3) is 0.222. The van der Waals surface area contributed by atoms with Crippen molar-refractivity contribution in [1.82, 2.24) is 9.29 Å². The van der Waals surface area contributed by atoms with Crippen LogP contribution in [0.2, 0.25) is 0 Å². The van der Waals surface area contributed by atoms with Crippen LogP contribution in [-0.2, 0) is 14.8 Å². The molecule has 1 atom stereocenters. The van der Waals surface area contributed by atoms with E-state index in [1.165, 1.54) is 38.0 Å².